The van der Waals surface area contributed by atoms with Crippen LogP contribution in [-0.4, -0.2) is 23.6 Å². The third-order valence-electron chi connectivity index (χ3n) is 5.29. The van der Waals surface area contributed by atoms with Crippen LogP contribution < -0.4 is 16.0 Å². The quantitative estimate of drug-likeness (QED) is 0.676. The molecule has 1 saturated heterocycles. The standard InChI is InChI=1S/C23H24FN3O3/c24-19-8-6-18(7-9-19)21-15-27(23(29)30-21)16-22(28)25-14-17-4-10-20(11-5-17)26-12-2-1-3-13-26/h4-11,15H,1-3,12-14,16H2,(H,25,28). The first-order chi connectivity index (χ1) is 14.6. The van der Waals surface area contributed by atoms with Crippen molar-refractivity contribution in [1.29, 1.82) is 0 Å². The van der Waals surface area contributed by atoms with Crippen molar-refractivity contribution >= 4 is 11.6 Å². The SMILES string of the molecule is O=C(Cn1cc(-c2ccc(F)cc2)oc1=O)NCc1ccc(N2CCCCC2)cc1. The summed E-state index contributed by atoms with van der Waals surface area (Å²) in [5, 5.41) is 2.83. The van der Waals surface area contributed by atoms with Crippen molar-refractivity contribution in [3.8, 4) is 11.3 Å². The fraction of sp³-hybridized carbons (Fsp3) is 0.304. The normalized spacial score (nSPS) is 14.0. The summed E-state index contributed by atoms with van der Waals surface area (Å²) >= 11 is 0. The molecule has 1 aromatic heterocycles. The Morgan fingerprint density at radius 3 is 2.40 bits per heavy atom. The van der Waals surface area contributed by atoms with Crippen molar-refractivity contribution < 1.29 is 13.6 Å². The van der Waals surface area contributed by atoms with Crippen LogP contribution in [0.2, 0.25) is 0 Å². The summed E-state index contributed by atoms with van der Waals surface area (Å²) in [6, 6.07) is 13.8. The molecule has 0 atom stereocenters. The fourth-order valence-electron chi connectivity index (χ4n) is 3.62. The highest BCUT2D eigenvalue weighted by molar-refractivity contribution is 5.75. The number of anilines is 1. The first kappa shape index (κ1) is 19.9. The molecule has 1 fully saturated rings. The highest BCUT2D eigenvalue weighted by Crippen LogP contribution is 2.20. The molecule has 0 spiro atoms. The van der Waals surface area contributed by atoms with Crippen LogP contribution in [-0.2, 0) is 17.9 Å². The molecule has 0 radical (unpaired) electrons. The largest absolute Gasteiger partial charge is 0.419 e. The minimum Gasteiger partial charge on any atom is -0.408 e. The van der Waals surface area contributed by atoms with Gasteiger partial charge in [0, 0.05) is 30.9 Å². The van der Waals surface area contributed by atoms with Gasteiger partial charge in [0.25, 0.3) is 0 Å². The number of piperidine rings is 1. The van der Waals surface area contributed by atoms with Crippen LogP contribution in [0.5, 0.6) is 0 Å². The van der Waals surface area contributed by atoms with E-state index >= 15 is 0 Å². The second-order valence-electron chi connectivity index (χ2n) is 7.49. The summed E-state index contributed by atoms with van der Waals surface area (Å²) in [4.78, 5) is 26.7. The molecule has 1 aliphatic heterocycles. The van der Waals surface area contributed by atoms with Gasteiger partial charge in [-0.1, -0.05) is 12.1 Å². The lowest BCUT2D eigenvalue weighted by atomic mass is 10.1. The van der Waals surface area contributed by atoms with Gasteiger partial charge in [-0.05, 0) is 61.2 Å². The lowest BCUT2D eigenvalue weighted by Crippen LogP contribution is -2.30. The van der Waals surface area contributed by atoms with E-state index < -0.39 is 5.76 Å². The number of nitrogens with one attached hydrogen (secondary N) is 1. The minimum atomic E-state index is -0.629. The molecule has 2 aromatic carbocycles. The molecule has 1 N–H and O–H groups in total. The van der Waals surface area contributed by atoms with Gasteiger partial charge in [-0.3, -0.25) is 9.36 Å². The number of aromatic nitrogens is 1. The maximum Gasteiger partial charge on any atom is 0.419 e. The lowest BCUT2D eigenvalue weighted by Gasteiger charge is -2.28. The number of rotatable bonds is 6. The molecule has 2 heterocycles. The van der Waals surface area contributed by atoms with E-state index in [9.17, 15) is 14.0 Å². The minimum absolute atomic E-state index is 0.143. The van der Waals surface area contributed by atoms with Gasteiger partial charge in [0.1, 0.15) is 12.4 Å². The van der Waals surface area contributed by atoms with Gasteiger partial charge in [-0.25, -0.2) is 9.18 Å². The molecule has 6 nitrogen and oxygen atoms in total. The molecule has 156 valence electrons. The van der Waals surface area contributed by atoms with Crippen molar-refractivity contribution in [1.82, 2.24) is 9.88 Å². The Bertz CT molecular complexity index is 1050. The molecule has 1 aliphatic rings. The van der Waals surface area contributed by atoms with E-state index in [4.69, 9.17) is 4.42 Å². The number of hydrogen-bond acceptors (Lipinski definition) is 4. The zero-order valence-electron chi connectivity index (χ0n) is 16.6. The Balaban J connectivity index is 1.32. The van der Waals surface area contributed by atoms with E-state index in [1.807, 2.05) is 12.1 Å². The Morgan fingerprint density at radius 1 is 1.00 bits per heavy atom. The van der Waals surface area contributed by atoms with Crippen LogP contribution in [0.15, 0.2) is 63.9 Å². The average molecular weight is 409 g/mol. The maximum atomic E-state index is 13.0. The second-order valence-corrected chi connectivity index (χ2v) is 7.49. The summed E-state index contributed by atoms with van der Waals surface area (Å²) in [5.74, 6) is -0.996. The number of benzene rings is 2. The molecule has 1 amide bonds. The van der Waals surface area contributed by atoms with Gasteiger partial charge in [0.15, 0.2) is 5.76 Å². The monoisotopic (exact) mass is 409 g/mol. The third kappa shape index (κ3) is 4.79. The van der Waals surface area contributed by atoms with E-state index in [2.05, 4.69) is 22.3 Å². The van der Waals surface area contributed by atoms with Gasteiger partial charge in [-0.15, -0.1) is 0 Å². The van der Waals surface area contributed by atoms with Crippen molar-refractivity contribution in [3.05, 3.63) is 76.7 Å². The van der Waals surface area contributed by atoms with Gasteiger partial charge < -0.3 is 14.6 Å². The van der Waals surface area contributed by atoms with Crippen LogP contribution >= 0.6 is 0 Å². The molecule has 0 unspecified atom stereocenters. The van der Waals surface area contributed by atoms with Crippen molar-refractivity contribution in [2.45, 2.75) is 32.4 Å². The molecule has 7 heteroatoms. The summed E-state index contributed by atoms with van der Waals surface area (Å²) in [7, 11) is 0. The van der Waals surface area contributed by atoms with Crippen molar-refractivity contribution in [2.24, 2.45) is 0 Å². The Hall–Kier alpha value is -3.35. The number of carbonyl (C=O) groups is 1. The van der Waals surface area contributed by atoms with E-state index in [0.717, 1.165) is 18.7 Å². The van der Waals surface area contributed by atoms with Crippen LogP contribution in [0.4, 0.5) is 10.1 Å². The van der Waals surface area contributed by atoms with Crippen LogP contribution in [0.3, 0.4) is 0 Å². The maximum absolute atomic E-state index is 13.0. The molecule has 0 aliphatic carbocycles. The Labute approximate surface area is 173 Å². The highest BCUT2D eigenvalue weighted by atomic mass is 19.1. The van der Waals surface area contributed by atoms with Crippen molar-refractivity contribution in [3.63, 3.8) is 0 Å². The summed E-state index contributed by atoms with van der Waals surface area (Å²) in [5.41, 5.74) is 2.78. The second kappa shape index (κ2) is 8.98. The third-order valence-corrected chi connectivity index (χ3v) is 5.29. The molecule has 3 aromatic rings. The first-order valence-electron chi connectivity index (χ1n) is 10.2. The zero-order valence-corrected chi connectivity index (χ0v) is 16.6. The Morgan fingerprint density at radius 2 is 1.70 bits per heavy atom. The lowest BCUT2D eigenvalue weighted by molar-refractivity contribution is -0.121. The average Bonchev–Trinajstić information content (AvgIpc) is 3.14. The topological polar surface area (TPSA) is 67.5 Å². The number of amides is 1. The summed E-state index contributed by atoms with van der Waals surface area (Å²) < 4.78 is 19.4. The van der Waals surface area contributed by atoms with Gasteiger partial charge in [0.05, 0.1) is 6.20 Å². The van der Waals surface area contributed by atoms with Crippen molar-refractivity contribution in [2.75, 3.05) is 18.0 Å². The first-order valence-corrected chi connectivity index (χ1v) is 10.2. The predicted molar refractivity (Wildman–Crippen MR) is 113 cm³/mol. The predicted octanol–water partition coefficient (Wildman–Crippen LogP) is 3.55. The van der Waals surface area contributed by atoms with Gasteiger partial charge >= 0.3 is 5.76 Å². The van der Waals surface area contributed by atoms with Gasteiger partial charge in [0.2, 0.25) is 5.91 Å². The number of nitrogens with zero attached hydrogens (tertiary/aromatic N) is 2. The summed E-state index contributed by atoms with van der Waals surface area (Å²) in [6.45, 7) is 2.43. The van der Waals surface area contributed by atoms with Gasteiger partial charge in [-0.2, -0.15) is 0 Å². The van der Waals surface area contributed by atoms with E-state index in [0.29, 0.717) is 17.9 Å². The number of carbonyl (C=O) groups excluding carboxylic acids is 1. The number of oxazole rings is 1. The van der Waals surface area contributed by atoms with Crippen LogP contribution in [0.25, 0.3) is 11.3 Å². The molecular formula is C23H24FN3O3. The van der Waals surface area contributed by atoms with Crippen LogP contribution in [0.1, 0.15) is 24.8 Å². The van der Waals surface area contributed by atoms with E-state index in [-0.39, 0.29) is 18.3 Å². The summed E-state index contributed by atoms with van der Waals surface area (Å²) in [6.07, 6.45) is 5.22. The zero-order chi connectivity index (χ0) is 20.9. The number of halogens is 1. The van der Waals surface area contributed by atoms with E-state index in [1.54, 1.807) is 0 Å². The van der Waals surface area contributed by atoms with E-state index in [1.165, 1.54) is 60.0 Å². The fourth-order valence-corrected chi connectivity index (χ4v) is 3.62. The highest BCUT2D eigenvalue weighted by Gasteiger charge is 2.13. The molecule has 30 heavy (non-hydrogen) atoms. The molecular weight excluding hydrogens is 385 g/mol. The smallest absolute Gasteiger partial charge is 0.408 e. The number of hydrogen-bond donors (Lipinski definition) is 1. The Kier molecular flexibility index (Phi) is 5.97. The molecule has 0 saturated carbocycles. The molecule has 4 rings (SSSR count). The van der Waals surface area contributed by atoms with Crippen LogP contribution in [0, 0.1) is 5.82 Å². The molecule has 0 bridgehead atoms.